The van der Waals surface area contributed by atoms with E-state index >= 15 is 0 Å². The maximum atomic E-state index is 12.0. The summed E-state index contributed by atoms with van der Waals surface area (Å²) in [6.45, 7) is 8.37. The smallest absolute Gasteiger partial charge is 0.139 e. The molecule has 0 saturated heterocycles. The molecule has 0 aliphatic heterocycles. The number of allylic oxidation sites excluding steroid dienone is 4. The van der Waals surface area contributed by atoms with Gasteiger partial charge in [-0.25, -0.2) is 0 Å². The first-order valence-electron chi connectivity index (χ1n) is 5.91. The van der Waals surface area contributed by atoms with Gasteiger partial charge in [0, 0.05) is 17.8 Å². The molecule has 0 N–H and O–H groups in total. The van der Waals surface area contributed by atoms with Crippen molar-refractivity contribution in [2.75, 3.05) is 0 Å². The van der Waals surface area contributed by atoms with Crippen LogP contribution in [-0.2, 0) is 4.79 Å². The van der Waals surface area contributed by atoms with Crippen LogP contribution in [-0.4, -0.2) is 5.78 Å². The predicted molar refractivity (Wildman–Crippen MR) is 62.4 cm³/mol. The Labute approximate surface area is 92.3 Å². The minimum absolute atomic E-state index is 0.182. The monoisotopic (exact) mass is 204 g/mol. The zero-order chi connectivity index (χ0) is 11.2. The quantitative estimate of drug-likeness (QED) is 0.630. The van der Waals surface area contributed by atoms with Crippen molar-refractivity contribution >= 4 is 5.78 Å². The van der Waals surface area contributed by atoms with Gasteiger partial charge in [-0.15, -0.1) is 0 Å². The molecule has 2 rings (SSSR count). The van der Waals surface area contributed by atoms with E-state index in [1.807, 2.05) is 13.8 Å². The molecule has 1 nitrogen and oxygen atoms in total. The number of Topliss-reactive ketones (excluding diaryl/α,β-unsaturated/α-hetero) is 1. The fourth-order valence-electron chi connectivity index (χ4n) is 3.11. The number of ketones is 1. The van der Waals surface area contributed by atoms with Crippen molar-refractivity contribution in [1.82, 2.24) is 0 Å². The van der Waals surface area contributed by atoms with Crippen LogP contribution in [0, 0.1) is 23.7 Å². The van der Waals surface area contributed by atoms with Crippen LogP contribution in [0.15, 0.2) is 23.3 Å². The number of fused-ring (bicyclic) bond motifs is 2. The molecule has 0 aromatic heterocycles. The zero-order valence-corrected chi connectivity index (χ0v) is 10.1. The van der Waals surface area contributed by atoms with Crippen molar-refractivity contribution in [3.63, 3.8) is 0 Å². The van der Waals surface area contributed by atoms with Crippen molar-refractivity contribution in [3.05, 3.63) is 23.3 Å². The summed E-state index contributed by atoms with van der Waals surface area (Å²) in [5.41, 5.74) is 2.93. The van der Waals surface area contributed by atoms with Gasteiger partial charge in [0.1, 0.15) is 5.78 Å². The Morgan fingerprint density at radius 2 is 2.00 bits per heavy atom. The van der Waals surface area contributed by atoms with E-state index in [1.54, 1.807) is 0 Å². The number of hydrogen-bond donors (Lipinski definition) is 0. The van der Waals surface area contributed by atoms with Gasteiger partial charge in [-0.1, -0.05) is 37.1 Å². The summed E-state index contributed by atoms with van der Waals surface area (Å²) in [7, 11) is 0. The van der Waals surface area contributed by atoms with Crippen LogP contribution < -0.4 is 0 Å². The average Bonchev–Trinajstić information content (AvgIpc) is 2.72. The third-order valence-corrected chi connectivity index (χ3v) is 3.76. The van der Waals surface area contributed by atoms with Crippen molar-refractivity contribution in [1.29, 1.82) is 0 Å². The number of hydrogen-bond acceptors (Lipinski definition) is 1. The van der Waals surface area contributed by atoms with Gasteiger partial charge in [0.05, 0.1) is 0 Å². The Balaban J connectivity index is 2.26. The second kappa shape index (κ2) is 3.62. The van der Waals surface area contributed by atoms with Crippen LogP contribution >= 0.6 is 0 Å². The molecule has 0 radical (unpaired) electrons. The molecule has 1 heteroatoms. The Hall–Kier alpha value is -0.850. The number of carbonyl (C=O) groups is 1. The van der Waals surface area contributed by atoms with Crippen LogP contribution in [0.1, 0.15) is 34.1 Å². The molecule has 15 heavy (non-hydrogen) atoms. The van der Waals surface area contributed by atoms with Gasteiger partial charge in [-0.3, -0.25) is 4.79 Å². The number of rotatable bonds is 2. The molecule has 0 amide bonds. The molecule has 0 heterocycles. The maximum Gasteiger partial charge on any atom is 0.139 e. The van der Waals surface area contributed by atoms with E-state index in [9.17, 15) is 4.79 Å². The van der Waals surface area contributed by atoms with Crippen molar-refractivity contribution in [2.45, 2.75) is 34.1 Å². The van der Waals surface area contributed by atoms with Gasteiger partial charge in [0.25, 0.3) is 0 Å². The molecule has 1 fully saturated rings. The Morgan fingerprint density at radius 3 is 2.47 bits per heavy atom. The maximum absolute atomic E-state index is 12.0. The summed E-state index contributed by atoms with van der Waals surface area (Å²) in [4.78, 5) is 12.0. The lowest BCUT2D eigenvalue weighted by atomic mass is 9.84. The van der Waals surface area contributed by atoms with E-state index in [2.05, 4.69) is 26.0 Å². The zero-order valence-electron chi connectivity index (χ0n) is 10.1. The second-order valence-electron chi connectivity index (χ2n) is 5.37. The molecule has 2 aliphatic carbocycles. The molecule has 1 saturated carbocycles. The Kier molecular flexibility index (Phi) is 2.57. The van der Waals surface area contributed by atoms with Crippen LogP contribution in [0.5, 0.6) is 0 Å². The fraction of sp³-hybridized carbons (Fsp3) is 0.643. The first-order chi connectivity index (χ1) is 7.02. The van der Waals surface area contributed by atoms with Gasteiger partial charge in [-0.2, -0.15) is 0 Å². The molecule has 0 unspecified atom stereocenters. The molecule has 2 aliphatic rings. The first-order valence-corrected chi connectivity index (χ1v) is 5.91. The molecular formula is C14H20O. The highest BCUT2D eigenvalue weighted by molar-refractivity contribution is 5.85. The molecule has 0 spiro atoms. The molecular weight excluding hydrogens is 184 g/mol. The summed E-state index contributed by atoms with van der Waals surface area (Å²) in [6.07, 6.45) is 5.59. The highest BCUT2D eigenvalue weighted by atomic mass is 16.1. The van der Waals surface area contributed by atoms with Crippen molar-refractivity contribution in [2.24, 2.45) is 23.7 Å². The van der Waals surface area contributed by atoms with Crippen LogP contribution in [0.25, 0.3) is 0 Å². The van der Waals surface area contributed by atoms with Crippen LogP contribution in [0.4, 0.5) is 0 Å². The lowest BCUT2D eigenvalue weighted by Crippen LogP contribution is -2.23. The van der Waals surface area contributed by atoms with Gasteiger partial charge in [0.2, 0.25) is 0 Å². The largest absolute Gasteiger partial charge is 0.299 e. The summed E-state index contributed by atoms with van der Waals surface area (Å²) in [5.74, 6) is 1.89. The Bertz CT molecular complexity index is 342. The Morgan fingerprint density at radius 1 is 1.33 bits per heavy atom. The second-order valence-corrected chi connectivity index (χ2v) is 5.37. The third-order valence-electron chi connectivity index (χ3n) is 3.76. The number of carbonyl (C=O) groups excluding carboxylic acids is 1. The fourth-order valence-corrected chi connectivity index (χ4v) is 3.11. The van der Waals surface area contributed by atoms with Gasteiger partial charge >= 0.3 is 0 Å². The highest BCUT2D eigenvalue weighted by Gasteiger charge is 2.44. The summed E-state index contributed by atoms with van der Waals surface area (Å²) < 4.78 is 0. The minimum atomic E-state index is 0.182. The van der Waals surface area contributed by atoms with Gasteiger partial charge in [0.15, 0.2) is 0 Å². The average molecular weight is 204 g/mol. The topological polar surface area (TPSA) is 17.1 Å². The molecule has 82 valence electrons. The van der Waals surface area contributed by atoms with Gasteiger partial charge < -0.3 is 0 Å². The van der Waals surface area contributed by atoms with Gasteiger partial charge in [-0.05, 0) is 26.2 Å². The lowest BCUT2D eigenvalue weighted by Gasteiger charge is -2.18. The van der Waals surface area contributed by atoms with E-state index in [4.69, 9.17) is 0 Å². The highest BCUT2D eigenvalue weighted by Crippen LogP contribution is 2.50. The normalized spacial score (nSPS) is 32.9. The summed E-state index contributed by atoms with van der Waals surface area (Å²) >= 11 is 0. The first kappa shape index (κ1) is 10.7. The molecule has 0 aromatic rings. The third kappa shape index (κ3) is 1.58. The standard InChI is InChI=1S/C14H20O/c1-8(2)13-10-5-6-11(13)12(7-10)14(15)9(3)4/h5-6,9-12H,7H2,1-4H3/t10-,11+,12+/m1/s1. The van der Waals surface area contributed by atoms with E-state index in [-0.39, 0.29) is 11.8 Å². The van der Waals surface area contributed by atoms with Crippen LogP contribution in [0.2, 0.25) is 0 Å². The van der Waals surface area contributed by atoms with Crippen LogP contribution in [0.3, 0.4) is 0 Å². The lowest BCUT2D eigenvalue weighted by molar-refractivity contribution is -0.126. The molecule has 0 aromatic carbocycles. The van der Waals surface area contributed by atoms with E-state index in [0.717, 1.165) is 6.42 Å². The summed E-state index contributed by atoms with van der Waals surface area (Å²) in [5, 5.41) is 0. The minimum Gasteiger partial charge on any atom is -0.299 e. The van der Waals surface area contributed by atoms with E-state index in [1.165, 1.54) is 11.1 Å². The summed E-state index contributed by atoms with van der Waals surface area (Å²) in [6, 6.07) is 0. The van der Waals surface area contributed by atoms with E-state index in [0.29, 0.717) is 17.6 Å². The molecule has 3 atom stereocenters. The SMILES string of the molecule is CC(C)=C1[C@@H]2C=C[C@H]1[C@@H](C(=O)C(C)C)C2. The van der Waals surface area contributed by atoms with Crippen molar-refractivity contribution in [3.8, 4) is 0 Å². The predicted octanol–water partition coefficient (Wildman–Crippen LogP) is 3.37. The van der Waals surface area contributed by atoms with E-state index < -0.39 is 0 Å². The molecule has 2 bridgehead atoms. The van der Waals surface area contributed by atoms with Crippen molar-refractivity contribution < 1.29 is 4.79 Å².